The predicted octanol–water partition coefficient (Wildman–Crippen LogP) is -0.499. The van der Waals surface area contributed by atoms with Gasteiger partial charge in [0.2, 0.25) is 0 Å². The number of hydrogen-bond acceptors (Lipinski definition) is 6. The molecule has 2 N–H and O–H groups in total. The lowest BCUT2D eigenvalue weighted by Gasteiger charge is -2.40. The van der Waals surface area contributed by atoms with Crippen LogP contribution in [-0.4, -0.2) is 99.7 Å². The van der Waals surface area contributed by atoms with Gasteiger partial charge in [0.1, 0.15) is 5.60 Å². The van der Waals surface area contributed by atoms with E-state index in [9.17, 15) is 13.2 Å². The van der Waals surface area contributed by atoms with Crippen molar-refractivity contribution in [2.45, 2.75) is 32.4 Å². The zero-order chi connectivity index (χ0) is 19.4. The number of aliphatic imine (C=N–C) groups is 1. The normalized spacial score (nSPS) is 21.8. The van der Waals surface area contributed by atoms with Gasteiger partial charge >= 0.3 is 6.09 Å². The first-order chi connectivity index (χ1) is 12.1. The van der Waals surface area contributed by atoms with Crippen molar-refractivity contribution >= 4 is 21.9 Å². The Morgan fingerprint density at radius 1 is 1.23 bits per heavy atom. The van der Waals surface area contributed by atoms with Crippen molar-refractivity contribution in [2.24, 2.45) is 4.99 Å². The number of hydrogen-bond donors (Lipinski definition) is 2. The molecular weight excluding hydrogens is 358 g/mol. The van der Waals surface area contributed by atoms with Crippen molar-refractivity contribution in [3.63, 3.8) is 0 Å². The summed E-state index contributed by atoms with van der Waals surface area (Å²) in [6.45, 7) is 9.34. The van der Waals surface area contributed by atoms with E-state index in [-0.39, 0.29) is 23.6 Å². The van der Waals surface area contributed by atoms with Gasteiger partial charge in [0.15, 0.2) is 15.8 Å². The molecule has 0 spiro atoms. The van der Waals surface area contributed by atoms with E-state index in [1.54, 1.807) is 11.9 Å². The number of ether oxygens (including phenoxy) is 1. The Labute approximate surface area is 156 Å². The Bertz CT molecular complexity index is 609. The first-order valence-corrected chi connectivity index (χ1v) is 10.8. The third kappa shape index (κ3) is 6.64. The van der Waals surface area contributed by atoms with Crippen LogP contribution in [-0.2, 0) is 14.6 Å². The molecule has 2 aliphatic heterocycles. The largest absolute Gasteiger partial charge is 0.444 e. The maximum absolute atomic E-state index is 11.9. The van der Waals surface area contributed by atoms with Crippen LogP contribution < -0.4 is 10.6 Å². The number of carbonyl (C=O) groups is 1. The van der Waals surface area contributed by atoms with Crippen molar-refractivity contribution in [1.29, 1.82) is 0 Å². The molecular formula is C16H31N5O4S. The molecule has 1 amide bonds. The lowest BCUT2D eigenvalue weighted by molar-refractivity contribution is 0.00701. The molecule has 2 saturated heterocycles. The second-order valence-electron chi connectivity index (χ2n) is 7.72. The molecule has 0 aromatic heterocycles. The zero-order valence-corrected chi connectivity index (χ0v) is 16.9. The highest BCUT2D eigenvalue weighted by molar-refractivity contribution is 7.91. The van der Waals surface area contributed by atoms with E-state index in [0.717, 1.165) is 6.54 Å². The van der Waals surface area contributed by atoms with Crippen LogP contribution in [0, 0.1) is 0 Å². The van der Waals surface area contributed by atoms with E-state index in [4.69, 9.17) is 4.74 Å². The molecule has 150 valence electrons. The van der Waals surface area contributed by atoms with Gasteiger partial charge in [0.05, 0.1) is 17.5 Å². The Balaban J connectivity index is 1.63. The van der Waals surface area contributed by atoms with Crippen molar-refractivity contribution in [2.75, 3.05) is 57.8 Å². The van der Waals surface area contributed by atoms with Crippen LogP contribution in [0.4, 0.5) is 4.79 Å². The van der Waals surface area contributed by atoms with Crippen molar-refractivity contribution in [3.05, 3.63) is 0 Å². The minimum absolute atomic E-state index is 0.147. The topological polar surface area (TPSA) is 103 Å². The Hall–Kier alpha value is -1.55. The summed E-state index contributed by atoms with van der Waals surface area (Å²) in [6, 6.07) is 0.147. The summed E-state index contributed by atoms with van der Waals surface area (Å²) in [6.07, 6.45) is -0.293. The summed E-state index contributed by atoms with van der Waals surface area (Å²) < 4.78 is 28.2. The molecule has 0 aliphatic carbocycles. The van der Waals surface area contributed by atoms with E-state index < -0.39 is 15.4 Å². The quantitative estimate of drug-likeness (QED) is 0.494. The second-order valence-corrected chi connectivity index (χ2v) is 10.0. The number of guanidine groups is 1. The summed E-state index contributed by atoms with van der Waals surface area (Å²) in [7, 11) is -1.14. The highest BCUT2D eigenvalue weighted by Crippen LogP contribution is 2.15. The van der Waals surface area contributed by atoms with Crippen LogP contribution in [0.15, 0.2) is 4.99 Å². The number of sulfone groups is 1. The molecule has 0 atom stereocenters. The van der Waals surface area contributed by atoms with Gasteiger partial charge in [0.25, 0.3) is 0 Å². The summed E-state index contributed by atoms with van der Waals surface area (Å²) in [4.78, 5) is 19.9. The second kappa shape index (κ2) is 8.43. The monoisotopic (exact) mass is 389 g/mol. The number of amides is 1. The smallest absolute Gasteiger partial charge is 0.410 e. The summed E-state index contributed by atoms with van der Waals surface area (Å²) in [5.41, 5.74) is -0.485. The molecule has 9 nitrogen and oxygen atoms in total. The number of carbonyl (C=O) groups excluding carboxylic acids is 1. The van der Waals surface area contributed by atoms with Crippen molar-refractivity contribution < 1.29 is 17.9 Å². The number of rotatable bonds is 4. The average Bonchev–Trinajstić information content (AvgIpc) is 2.48. The van der Waals surface area contributed by atoms with E-state index in [0.29, 0.717) is 38.7 Å². The van der Waals surface area contributed by atoms with Crippen molar-refractivity contribution in [1.82, 2.24) is 20.4 Å². The Morgan fingerprint density at radius 2 is 1.85 bits per heavy atom. The maximum Gasteiger partial charge on any atom is 0.410 e. The average molecular weight is 390 g/mol. The van der Waals surface area contributed by atoms with Crippen LogP contribution in [0.1, 0.15) is 20.8 Å². The van der Waals surface area contributed by atoms with E-state index >= 15 is 0 Å². The third-order valence-electron chi connectivity index (χ3n) is 4.26. The molecule has 0 saturated carbocycles. The van der Waals surface area contributed by atoms with E-state index in [1.807, 2.05) is 20.8 Å². The number of nitrogens with one attached hydrogen (secondary N) is 2. The van der Waals surface area contributed by atoms with Gasteiger partial charge in [-0.1, -0.05) is 0 Å². The fraction of sp³-hybridized carbons (Fsp3) is 0.875. The number of nitrogens with zero attached hydrogens (tertiary/aromatic N) is 3. The Kier molecular flexibility index (Phi) is 6.73. The van der Waals surface area contributed by atoms with Gasteiger partial charge in [-0.25, -0.2) is 13.2 Å². The molecule has 10 heteroatoms. The third-order valence-corrected chi connectivity index (χ3v) is 5.86. The van der Waals surface area contributed by atoms with Crippen LogP contribution in [0.25, 0.3) is 0 Å². The van der Waals surface area contributed by atoms with Crippen LogP contribution in [0.5, 0.6) is 0 Å². The maximum atomic E-state index is 11.9. The van der Waals surface area contributed by atoms with E-state index in [2.05, 4.69) is 20.5 Å². The number of likely N-dealkylation sites (tertiary alicyclic amines) is 1. The van der Waals surface area contributed by atoms with Gasteiger partial charge in [-0.2, -0.15) is 0 Å². The summed E-state index contributed by atoms with van der Waals surface area (Å²) in [5, 5.41) is 6.51. The van der Waals surface area contributed by atoms with Gasteiger partial charge in [-0.3, -0.25) is 9.89 Å². The zero-order valence-electron chi connectivity index (χ0n) is 16.1. The highest BCUT2D eigenvalue weighted by Gasteiger charge is 2.34. The SMILES string of the molecule is CN=C(NCCN1CCS(=O)(=O)CC1)NC1CN(C(=O)OC(C)(C)C)C1. The Morgan fingerprint density at radius 3 is 2.38 bits per heavy atom. The molecule has 0 unspecified atom stereocenters. The first-order valence-electron chi connectivity index (χ1n) is 8.96. The van der Waals surface area contributed by atoms with Gasteiger partial charge in [0, 0.05) is 46.3 Å². The lowest BCUT2D eigenvalue weighted by atomic mass is 10.1. The van der Waals surface area contributed by atoms with Gasteiger partial charge < -0.3 is 20.3 Å². The molecule has 0 radical (unpaired) electrons. The summed E-state index contributed by atoms with van der Waals surface area (Å²) >= 11 is 0. The molecule has 2 rings (SSSR count). The minimum Gasteiger partial charge on any atom is -0.444 e. The fourth-order valence-corrected chi connectivity index (χ4v) is 4.02. The molecule has 0 aromatic carbocycles. The van der Waals surface area contributed by atoms with Gasteiger partial charge in [-0.15, -0.1) is 0 Å². The first kappa shape index (κ1) is 20.8. The lowest BCUT2D eigenvalue weighted by Crippen LogP contribution is -2.63. The molecule has 2 aliphatic rings. The molecule has 2 heterocycles. The minimum atomic E-state index is -2.84. The molecule has 0 aromatic rings. The summed E-state index contributed by atoms with van der Waals surface area (Å²) in [5.74, 6) is 1.16. The molecule has 2 fully saturated rings. The fourth-order valence-electron chi connectivity index (χ4n) is 2.74. The standard InChI is InChI=1S/C16H31N5O4S/c1-16(2,3)25-15(22)21-11-13(12-21)19-14(17-4)18-5-6-20-7-9-26(23,24)10-8-20/h13H,5-12H2,1-4H3,(H2,17,18,19). The van der Waals surface area contributed by atoms with Crippen LogP contribution >= 0.6 is 0 Å². The van der Waals surface area contributed by atoms with Crippen molar-refractivity contribution in [3.8, 4) is 0 Å². The van der Waals surface area contributed by atoms with Gasteiger partial charge in [-0.05, 0) is 20.8 Å². The predicted molar refractivity (Wildman–Crippen MR) is 101 cm³/mol. The van der Waals surface area contributed by atoms with Crippen LogP contribution in [0.3, 0.4) is 0 Å². The van der Waals surface area contributed by atoms with Crippen LogP contribution in [0.2, 0.25) is 0 Å². The highest BCUT2D eigenvalue weighted by atomic mass is 32.2. The molecule has 26 heavy (non-hydrogen) atoms. The molecule has 0 bridgehead atoms. The van der Waals surface area contributed by atoms with E-state index in [1.165, 1.54) is 0 Å².